The maximum absolute atomic E-state index is 13.0. The third kappa shape index (κ3) is 3.99. The lowest BCUT2D eigenvalue weighted by Crippen LogP contribution is -2.59. The highest BCUT2D eigenvalue weighted by atomic mass is 19.3. The predicted molar refractivity (Wildman–Crippen MR) is 86.9 cm³/mol. The highest BCUT2D eigenvalue weighted by Crippen LogP contribution is 2.30. The van der Waals surface area contributed by atoms with E-state index in [0.717, 1.165) is 12.1 Å². The summed E-state index contributed by atoms with van der Waals surface area (Å²) >= 11 is 0. The zero-order chi connectivity index (χ0) is 18.2. The number of carbonyl (C=O) groups excluding carboxylic acids is 2. The van der Waals surface area contributed by atoms with Gasteiger partial charge < -0.3 is 9.80 Å². The molecular weight excluding hydrogens is 330 g/mol. The zero-order valence-electron chi connectivity index (χ0n) is 14.6. The van der Waals surface area contributed by atoms with Gasteiger partial charge in [0.1, 0.15) is 0 Å². The van der Waals surface area contributed by atoms with Gasteiger partial charge in [-0.3, -0.25) is 14.3 Å². The molecule has 0 spiro atoms. The Morgan fingerprint density at radius 3 is 2.64 bits per heavy atom. The van der Waals surface area contributed by atoms with Gasteiger partial charge in [0.05, 0.1) is 37.8 Å². The number of hydrogen-bond acceptors (Lipinski definition) is 3. The molecule has 0 N–H and O–H groups in total. The molecule has 6 nitrogen and oxygen atoms in total. The SMILES string of the molecule is CC(C)CCC(=O)N1Cc2ccnn2[C@@H](CC(=O)N2CC(F)(F)C2)C1. The molecule has 3 heterocycles. The number of aromatic nitrogens is 2. The van der Waals surface area contributed by atoms with Crippen LogP contribution in [0.1, 0.15) is 44.8 Å². The number of likely N-dealkylation sites (tertiary alicyclic amines) is 1. The molecule has 0 radical (unpaired) electrons. The molecule has 2 amide bonds. The summed E-state index contributed by atoms with van der Waals surface area (Å²) in [6.07, 6.45) is 3.03. The maximum Gasteiger partial charge on any atom is 0.282 e. The lowest BCUT2D eigenvalue weighted by Gasteiger charge is -2.40. The van der Waals surface area contributed by atoms with Gasteiger partial charge in [-0.1, -0.05) is 13.8 Å². The van der Waals surface area contributed by atoms with E-state index in [1.54, 1.807) is 15.8 Å². The van der Waals surface area contributed by atoms with Crippen LogP contribution in [0.4, 0.5) is 8.78 Å². The predicted octanol–water partition coefficient (Wildman–Crippen LogP) is 2.07. The number of fused-ring (bicyclic) bond motifs is 1. The second-order valence-electron chi connectivity index (χ2n) is 7.44. The average molecular weight is 354 g/mol. The van der Waals surface area contributed by atoms with Gasteiger partial charge in [-0.25, -0.2) is 8.78 Å². The van der Waals surface area contributed by atoms with Crippen LogP contribution < -0.4 is 0 Å². The molecule has 1 fully saturated rings. The Hall–Kier alpha value is -1.99. The van der Waals surface area contributed by atoms with Crippen LogP contribution in [0.5, 0.6) is 0 Å². The molecular formula is C17H24F2N4O2. The number of carbonyl (C=O) groups is 2. The van der Waals surface area contributed by atoms with Crippen molar-refractivity contribution in [2.24, 2.45) is 5.92 Å². The van der Waals surface area contributed by atoms with Gasteiger partial charge >= 0.3 is 0 Å². The summed E-state index contributed by atoms with van der Waals surface area (Å²) in [7, 11) is 0. The van der Waals surface area contributed by atoms with E-state index in [9.17, 15) is 18.4 Å². The van der Waals surface area contributed by atoms with E-state index in [4.69, 9.17) is 0 Å². The molecule has 0 aliphatic carbocycles. The molecule has 3 rings (SSSR count). The molecule has 1 saturated heterocycles. The lowest BCUT2D eigenvalue weighted by molar-refractivity contribution is -0.166. The van der Waals surface area contributed by atoms with E-state index < -0.39 is 19.0 Å². The van der Waals surface area contributed by atoms with Crippen LogP contribution in [0.25, 0.3) is 0 Å². The zero-order valence-corrected chi connectivity index (χ0v) is 14.6. The molecule has 2 aliphatic heterocycles. The molecule has 2 aliphatic rings. The van der Waals surface area contributed by atoms with Crippen molar-refractivity contribution in [3.05, 3.63) is 18.0 Å². The van der Waals surface area contributed by atoms with Crippen LogP contribution in [-0.4, -0.2) is 57.0 Å². The number of nitrogens with zero attached hydrogens (tertiary/aromatic N) is 4. The van der Waals surface area contributed by atoms with Crippen LogP contribution in [0.15, 0.2) is 12.3 Å². The van der Waals surface area contributed by atoms with Gasteiger partial charge in [0.15, 0.2) is 0 Å². The topological polar surface area (TPSA) is 58.4 Å². The van der Waals surface area contributed by atoms with Gasteiger partial charge in [0.25, 0.3) is 5.92 Å². The van der Waals surface area contributed by atoms with E-state index in [0.29, 0.717) is 25.4 Å². The Morgan fingerprint density at radius 1 is 1.28 bits per heavy atom. The second kappa shape index (κ2) is 6.72. The normalized spacial score (nSPS) is 21.9. The summed E-state index contributed by atoms with van der Waals surface area (Å²) in [5.41, 5.74) is 0.871. The minimum atomic E-state index is -2.77. The Kier molecular flexibility index (Phi) is 4.79. The Bertz CT molecular complexity index is 651. The van der Waals surface area contributed by atoms with E-state index >= 15 is 0 Å². The van der Waals surface area contributed by atoms with E-state index in [2.05, 4.69) is 18.9 Å². The average Bonchev–Trinajstić information content (AvgIpc) is 2.98. The van der Waals surface area contributed by atoms with Crippen molar-refractivity contribution in [2.45, 2.75) is 51.6 Å². The monoisotopic (exact) mass is 354 g/mol. The largest absolute Gasteiger partial charge is 0.335 e. The number of alkyl halides is 2. The summed E-state index contributed by atoms with van der Waals surface area (Å²) in [4.78, 5) is 27.6. The van der Waals surface area contributed by atoms with Gasteiger partial charge in [-0.2, -0.15) is 5.10 Å². The number of rotatable bonds is 5. The quantitative estimate of drug-likeness (QED) is 0.813. The van der Waals surface area contributed by atoms with Crippen molar-refractivity contribution in [1.82, 2.24) is 19.6 Å². The summed E-state index contributed by atoms with van der Waals surface area (Å²) in [5, 5.41) is 4.25. The molecule has 0 saturated carbocycles. The fourth-order valence-corrected chi connectivity index (χ4v) is 3.32. The Balaban J connectivity index is 1.64. The van der Waals surface area contributed by atoms with E-state index in [1.807, 2.05) is 6.07 Å². The minimum absolute atomic E-state index is 0.0640. The number of amides is 2. The van der Waals surface area contributed by atoms with Crippen molar-refractivity contribution in [3.8, 4) is 0 Å². The molecule has 1 aromatic heterocycles. The third-order valence-electron chi connectivity index (χ3n) is 4.78. The molecule has 0 unspecified atom stereocenters. The second-order valence-corrected chi connectivity index (χ2v) is 7.44. The molecule has 8 heteroatoms. The van der Waals surface area contributed by atoms with Crippen LogP contribution in [-0.2, 0) is 16.1 Å². The number of halogens is 2. The summed E-state index contributed by atoms with van der Waals surface area (Å²) in [6, 6.07) is 1.53. The molecule has 1 aromatic rings. The molecule has 0 aromatic carbocycles. The fraction of sp³-hybridized carbons (Fsp3) is 0.706. The molecule has 25 heavy (non-hydrogen) atoms. The van der Waals surface area contributed by atoms with Crippen molar-refractivity contribution >= 4 is 11.8 Å². The summed E-state index contributed by atoms with van der Waals surface area (Å²) < 4.78 is 27.7. The molecule has 1 atom stereocenters. The Morgan fingerprint density at radius 2 is 2.00 bits per heavy atom. The first-order valence-corrected chi connectivity index (χ1v) is 8.71. The van der Waals surface area contributed by atoms with Crippen LogP contribution in [0, 0.1) is 5.92 Å². The highest BCUT2D eigenvalue weighted by Gasteiger charge is 2.46. The third-order valence-corrected chi connectivity index (χ3v) is 4.78. The van der Waals surface area contributed by atoms with Gasteiger partial charge in [0, 0.05) is 19.2 Å². The standard InChI is InChI=1S/C17H24F2N4O2/c1-12(2)3-4-15(24)21-8-13-5-6-20-23(13)14(9-21)7-16(25)22-10-17(18,19)11-22/h5-6,12,14H,3-4,7-11H2,1-2H3/t14-/m0/s1. The maximum atomic E-state index is 13.0. The van der Waals surface area contributed by atoms with Crippen LogP contribution in [0.2, 0.25) is 0 Å². The highest BCUT2D eigenvalue weighted by molar-refractivity contribution is 5.79. The number of hydrogen-bond donors (Lipinski definition) is 0. The van der Waals surface area contributed by atoms with Crippen molar-refractivity contribution in [3.63, 3.8) is 0 Å². The smallest absolute Gasteiger partial charge is 0.282 e. The molecule has 0 bridgehead atoms. The van der Waals surface area contributed by atoms with Gasteiger partial charge in [-0.15, -0.1) is 0 Å². The van der Waals surface area contributed by atoms with Gasteiger partial charge in [0.2, 0.25) is 11.8 Å². The first-order chi connectivity index (χ1) is 11.7. The fourth-order valence-electron chi connectivity index (χ4n) is 3.32. The summed E-state index contributed by atoms with van der Waals surface area (Å²) in [5.74, 6) is -2.56. The first kappa shape index (κ1) is 17.8. The van der Waals surface area contributed by atoms with Crippen molar-refractivity contribution < 1.29 is 18.4 Å². The van der Waals surface area contributed by atoms with Crippen molar-refractivity contribution in [1.29, 1.82) is 0 Å². The van der Waals surface area contributed by atoms with Crippen molar-refractivity contribution in [2.75, 3.05) is 19.6 Å². The van der Waals surface area contributed by atoms with E-state index in [1.165, 1.54) is 4.90 Å². The minimum Gasteiger partial charge on any atom is -0.335 e. The van der Waals surface area contributed by atoms with E-state index in [-0.39, 0.29) is 24.3 Å². The first-order valence-electron chi connectivity index (χ1n) is 8.71. The van der Waals surface area contributed by atoms with Crippen LogP contribution >= 0.6 is 0 Å². The van der Waals surface area contributed by atoms with Gasteiger partial charge in [-0.05, 0) is 18.4 Å². The van der Waals surface area contributed by atoms with Crippen LogP contribution in [0.3, 0.4) is 0 Å². The summed E-state index contributed by atoms with van der Waals surface area (Å²) in [6.45, 7) is 3.99. The Labute approximate surface area is 145 Å². The lowest BCUT2D eigenvalue weighted by atomic mass is 10.0. The molecule has 138 valence electrons.